The van der Waals surface area contributed by atoms with Gasteiger partial charge < -0.3 is 13.7 Å². The first-order chi connectivity index (χ1) is 13.3. The van der Waals surface area contributed by atoms with Gasteiger partial charge in [0.15, 0.2) is 17.4 Å². The fraction of sp³-hybridized carbons (Fsp3) is 0.278. The fourth-order valence-corrected chi connectivity index (χ4v) is 3.41. The van der Waals surface area contributed by atoms with E-state index in [9.17, 15) is 13.2 Å². The number of carbonyl (C=O) groups is 1. The Morgan fingerprint density at radius 2 is 2.04 bits per heavy atom. The van der Waals surface area contributed by atoms with Crippen molar-refractivity contribution in [3.05, 3.63) is 54.4 Å². The summed E-state index contributed by atoms with van der Waals surface area (Å²) in [5, 5.41) is -0.0888. The van der Waals surface area contributed by atoms with Crippen molar-refractivity contribution in [3.8, 4) is 11.3 Å². The minimum absolute atomic E-state index is 0.0888. The van der Waals surface area contributed by atoms with Crippen LogP contribution in [0.5, 0.6) is 0 Å². The van der Waals surface area contributed by atoms with Crippen molar-refractivity contribution in [2.24, 2.45) is 7.05 Å². The number of carbonyl (C=O) groups excluding carboxylic acids is 1. The number of sulfonamides is 1. The molecule has 2 heterocycles. The number of aromatic nitrogens is 3. The molecule has 0 saturated carbocycles. The largest absolute Gasteiger partial charge is 0.456 e. The van der Waals surface area contributed by atoms with E-state index in [-0.39, 0.29) is 30.5 Å². The summed E-state index contributed by atoms with van der Waals surface area (Å²) in [6, 6.07) is 9.42. The summed E-state index contributed by atoms with van der Waals surface area (Å²) in [5.41, 5.74) is 0.867. The molecule has 0 aliphatic carbocycles. The molecule has 0 unspecified atom stereocenters. The van der Waals surface area contributed by atoms with Crippen LogP contribution in [0.1, 0.15) is 18.1 Å². The first-order valence-corrected chi connectivity index (χ1v) is 9.99. The first-order valence-electron chi connectivity index (χ1n) is 8.50. The molecule has 28 heavy (non-hydrogen) atoms. The first kappa shape index (κ1) is 19.8. The van der Waals surface area contributed by atoms with Gasteiger partial charge in [-0.1, -0.05) is 30.3 Å². The van der Waals surface area contributed by atoms with E-state index in [4.69, 9.17) is 9.15 Å². The zero-order chi connectivity index (χ0) is 20.1. The minimum atomic E-state index is -3.77. The molecule has 0 amide bonds. The minimum Gasteiger partial charge on any atom is -0.456 e. The van der Waals surface area contributed by atoms with Crippen molar-refractivity contribution in [1.82, 2.24) is 19.3 Å². The van der Waals surface area contributed by atoms with Crippen LogP contribution in [0.3, 0.4) is 0 Å². The second-order valence-corrected chi connectivity index (χ2v) is 7.74. The molecule has 0 bridgehead atoms. The predicted octanol–water partition coefficient (Wildman–Crippen LogP) is 1.80. The molecule has 1 N–H and O–H groups in total. The summed E-state index contributed by atoms with van der Waals surface area (Å²) in [6.07, 6.45) is 2.83. The van der Waals surface area contributed by atoms with E-state index < -0.39 is 16.0 Å². The Kier molecular flexibility index (Phi) is 5.90. The molecule has 3 rings (SSSR count). The lowest BCUT2D eigenvalue weighted by molar-refractivity contribution is -0.145. The molecule has 0 fully saturated rings. The van der Waals surface area contributed by atoms with Crippen LogP contribution in [-0.2, 0) is 33.2 Å². The van der Waals surface area contributed by atoms with Crippen LogP contribution in [0.25, 0.3) is 11.3 Å². The monoisotopic (exact) mass is 404 g/mol. The van der Waals surface area contributed by atoms with Crippen molar-refractivity contribution in [2.75, 3.05) is 6.54 Å². The molecule has 0 aliphatic heterocycles. The number of imidazole rings is 1. The highest BCUT2D eigenvalue weighted by Gasteiger charge is 2.18. The van der Waals surface area contributed by atoms with Gasteiger partial charge in [0.2, 0.25) is 5.89 Å². The van der Waals surface area contributed by atoms with Gasteiger partial charge in [-0.15, -0.1) is 0 Å². The van der Waals surface area contributed by atoms with Gasteiger partial charge in [0.25, 0.3) is 10.0 Å². The van der Waals surface area contributed by atoms with Crippen LogP contribution in [0.4, 0.5) is 0 Å². The summed E-state index contributed by atoms with van der Waals surface area (Å²) in [5.74, 6) is 0.835. The molecule has 9 nitrogen and oxygen atoms in total. The predicted molar refractivity (Wildman–Crippen MR) is 99.5 cm³/mol. The lowest BCUT2D eigenvalue weighted by Crippen LogP contribution is -2.27. The number of nitrogens with one attached hydrogen (secondary N) is 1. The third-order valence-electron chi connectivity index (χ3n) is 3.95. The number of nitrogens with zero attached hydrogens (tertiary/aromatic N) is 3. The molecule has 10 heteroatoms. The number of esters is 1. The topological polar surface area (TPSA) is 116 Å². The van der Waals surface area contributed by atoms with Crippen molar-refractivity contribution in [3.63, 3.8) is 0 Å². The van der Waals surface area contributed by atoms with Gasteiger partial charge in [0.1, 0.15) is 5.82 Å². The van der Waals surface area contributed by atoms with Crippen LogP contribution in [0.2, 0.25) is 0 Å². The normalized spacial score (nSPS) is 11.5. The second kappa shape index (κ2) is 8.36. The highest BCUT2D eigenvalue weighted by atomic mass is 32.2. The Balaban J connectivity index is 1.45. The average Bonchev–Trinajstić information content (AvgIpc) is 3.28. The van der Waals surface area contributed by atoms with E-state index >= 15 is 0 Å². The summed E-state index contributed by atoms with van der Waals surface area (Å²) in [7, 11) is -2.07. The van der Waals surface area contributed by atoms with E-state index in [1.54, 1.807) is 24.7 Å². The van der Waals surface area contributed by atoms with Gasteiger partial charge in [0, 0.05) is 25.4 Å². The average molecular weight is 404 g/mol. The molecule has 0 saturated heterocycles. The molecule has 0 atom stereocenters. The molecule has 148 valence electrons. The van der Waals surface area contributed by atoms with Crippen LogP contribution in [-0.4, -0.2) is 35.5 Å². The third kappa shape index (κ3) is 4.84. The third-order valence-corrected chi connectivity index (χ3v) is 5.28. The van der Waals surface area contributed by atoms with Crippen molar-refractivity contribution >= 4 is 16.0 Å². The van der Waals surface area contributed by atoms with Crippen LogP contribution >= 0.6 is 0 Å². The molecule has 1 aromatic carbocycles. The quantitative estimate of drug-likeness (QED) is 0.569. The van der Waals surface area contributed by atoms with Gasteiger partial charge in [-0.2, -0.15) is 0 Å². The molecule has 3 aromatic rings. The zero-order valence-corrected chi connectivity index (χ0v) is 16.3. The SMILES string of the molecule is Cc1nc(S(=O)(=O)NCCC(=O)OCc2ncc(-c3ccccc3)o2)cn1C. The molecule has 0 spiro atoms. The van der Waals surface area contributed by atoms with Gasteiger partial charge in [0.05, 0.1) is 12.6 Å². The van der Waals surface area contributed by atoms with Gasteiger partial charge >= 0.3 is 5.97 Å². The number of hydrogen-bond donors (Lipinski definition) is 1. The van der Waals surface area contributed by atoms with E-state index in [1.807, 2.05) is 30.3 Å². The van der Waals surface area contributed by atoms with Crippen molar-refractivity contribution in [1.29, 1.82) is 0 Å². The van der Waals surface area contributed by atoms with E-state index in [0.29, 0.717) is 11.6 Å². The molecular formula is C18H20N4O5S. The standard InChI is InChI=1S/C18H20N4O5S/c1-13-21-17(11-22(13)2)28(24,25)20-9-8-18(23)26-12-16-19-10-15(27-16)14-6-4-3-5-7-14/h3-7,10-11,20H,8-9,12H2,1-2H3. The summed E-state index contributed by atoms with van der Waals surface area (Å²) >= 11 is 0. The highest BCUT2D eigenvalue weighted by molar-refractivity contribution is 7.89. The molecular weight excluding hydrogens is 384 g/mol. The summed E-state index contributed by atoms with van der Waals surface area (Å²) in [4.78, 5) is 19.9. The van der Waals surface area contributed by atoms with Gasteiger partial charge in [-0.05, 0) is 6.92 Å². The number of rotatable bonds is 8. The highest BCUT2D eigenvalue weighted by Crippen LogP contribution is 2.20. The number of aryl methyl sites for hydroxylation is 2. The summed E-state index contributed by atoms with van der Waals surface area (Å²) < 4.78 is 38.8. The van der Waals surface area contributed by atoms with E-state index in [2.05, 4.69) is 14.7 Å². The molecule has 0 aliphatic rings. The van der Waals surface area contributed by atoms with Crippen molar-refractivity contribution in [2.45, 2.75) is 25.0 Å². The Morgan fingerprint density at radius 3 is 2.71 bits per heavy atom. The second-order valence-electron chi connectivity index (χ2n) is 6.03. The van der Waals surface area contributed by atoms with Gasteiger partial charge in [-0.3, -0.25) is 4.79 Å². The Morgan fingerprint density at radius 1 is 1.29 bits per heavy atom. The number of benzene rings is 1. The Bertz CT molecular complexity index is 1040. The zero-order valence-electron chi connectivity index (χ0n) is 15.5. The molecule has 0 radical (unpaired) electrons. The molecule has 2 aromatic heterocycles. The lowest BCUT2D eigenvalue weighted by atomic mass is 10.2. The lowest BCUT2D eigenvalue weighted by Gasteiger charge is -2.04. The smallest absolute Gasteiger partial charge is 0.307 e. The number of ether oxygens (including phenoxy) is 1. The maximum atomic E-state index is 12.1. The van der Waals surface area contributed by atoms with Gasteiger partial charge in [-0.25, -0.2) is 23.1 Å². The van der Waals surface area contributed by atoms with Crippen molar-refractivity contribution < 1.29 is 22.4 Å². The summed E-state index contributed by atoms with van der Waals surface area (Å²) in [6.45, 7) is 1.47. The maximum Gasteiger partial charge on any atom is 0.307 e. The fourth-order valence-electron chi connectivity index (χ4n) is 2.34. The Hall–Kier alpha value is -2.98. The number of hydrogen-bond acceptors (Lipinski definition) is 7. The maximum absolute atomic E-state index is 12.1. The van der Waals surface area contributed by atoms with E-state index in [0.717, 1.165) is 5.56 Å². The number of oxazole rings is 1. The van der Waals surface area contributed by atoms with Crippen LogP contribution in [0.15, 0.2) is 52.2 Å². The van der Waals surface area contributed by atoms with E-state index in [1.165, 1.54) is 6.20 Å². The Labute approximate surface area is 162 Å². The van der Waals surface area contributed by atoms with Crippen LogP contribution < -0.4 is 4.72 Å². The van der Waals surface area contributed by atoms with Crippen LogP contribution in [0, 0.1) is 6.92 Å².